The molecule has 3 rings (SSSR count). The van der Waals surface area contributed by atoms with E-state index in [1.54, 1.807) is 6.20 Å². The Balaban J connectivity index is 2.09. The van der Waals surface area contributed by atoms with E-state index in [4.69, 9.17) is 10.5 Å². The van der Waals surface area contributed by atoms with Crippen LogP contribution in [0, 0.1) is 0 Å². The van der Waals surface area contributed by atoms with E-state index < -0.39 is 0 Å². The summed E-state index contributed by atoms with van der Waals surface area (Å²) >= 11 is 0. The average Bonchev–Trinajstić information content (AvgIpc) is 2.85. The molecule has 0 fully saturated rings. The zero-order chi connectivity index (χ0) is 11.7. The molecule has 0 saturated carbocycles. The van der Waals surface area contributed by atoms with Gasteiger partial charge in [0.2, 0.25) is 0 Å². The number of fused-ring (bicyclic) bond motifs is 1. The van der Waals surface area contributed by atoms with Crippen LogP contribution in [0.5, 0.6) is 5.75 Å². The molecule has 0 spiro atoms. The third-order valence-electron chi connectivity index (χ3n) is 3.12. The standard InChI is InChI=1S/C14H14N2O/c15-8-12-9-16-5-3-13(12)10-1-2-14-11(7-10)4-6-17-14/h1-3,5,7,9H,4,6,8,15H2. The van der Waals surface area contributed by atoms with E-state index in [0.717, 1.165) is 29.9 Å². The minimum atomic E-state index is 0.511. The lowest BCUT2D eigenvalue weighted by molar-refractivity contribution is 0.357. The number of hydrogen-bond donors (Lipinski definition) is 1. The van der Waals surface area contributed by atoms with Crippen molar-refractivity contribution >= 4 is 0 Å². The first-order valence-corrected chi connectivity index (χ1v) is 5.77. The summed E-state index contributed by atoms with van der Waals surface area (Å²) in [6, 6.07) is 8.33. The van der Waals surface area contributed by atoms with Gasteiger partial charge in [0, 0.05) is 25.4 Å². The fourth-order valence-electron chi connectivity index (χ4n) is 2.23. The Bertz CT molecular complexity index is 552. The van der Waals surface area contributed by atoms with Gasteiger partial charge in [0.1, 0.15) is 5.75 Å². The summed E-state index contributed by atoms with van der Waals surface area (Å²) < 4.78 is 5.51. The molecule has 0 saturated heterocycles. The number of nitrogens with zero attached hydrogens (tertiary/aromatic N) is 1. The summed E-state index contributed by atoms with van der Waals surface area (Å²) in [6.45, 7) is 1.30. The third kappa shape index (κ3) is 1.78. The Morgan fingerprint density at radius 2 is 2.24 bits per heavy atom. The second kappa shape index (κ2) is 4.18. The van der Waals surface area contributed by atoms with Gasteiger partial charge < -0.3 is 10.5 Å². The van der Waals surface area contributed by atoms with Crippen LogP contribution in [0.25, 0.3) is 11.1 Å². The van der Waals surface area contributed by atoms with Gasteiger partial charge in [-0.3, -0.25) is 4.98 Å². The molecule has 3 nitrogen and oxygen atoms in total. The molecule has 0 radical (unpaired) electrons. The predicted octanol–water partition coefficient (Wildman–Crippen LogP) is 2.14. The zero-order valence-corrected chi connectivity index (χ0v) is 9.52. The molecule has 1 aromatic heterocycles. The van der Waals surface area contributed by atoms with E-state index in [1.165, 1.54) is 11.1 Å². The van der Waals surface area contributed by atoms with Crippen LogP contribution in [-0.4, -0.2) is 11.6 Å². The Kier molecular flexibility index (Phi) is 2.53. The molecule has 2 heterocycles. The number of aromatic nitrogens is 1. The van der Waals surface area contributed by atoms with Gasteiger partial charge in [-0.2, -0.15) is 0 Å². The smallest absolute Gasteiger partial charge is 0.122 e. The molecular weight excluding hydrogens is 212 g/mol. The fraction of sp³-hybridized carbons (Fsp3) is 0.214. The van der Waals surface area contributed by atoms with Crippen molar-refractivity contribution in [1.82, 2.24) is 4.98 Å². The number of rotatable bonds is 2. The quantitative estimate of drug-likeness (QED) is 0.853. The van der Waals surface area contributed by atoms with Gasteiger partial charge in [-0.1, -0.05) is 6.07 Å². The second-order valence-electron chi connectivity index (χ2n) is 4.16. The summed E-state index contributed by atoms with van der Waals surface area (Å²) in [7, 11) is 0. The van der Waals surface area contributed by atoms with Gasteiger partial charge >= 0.3 is 0 Å². The molecule has 0 unspecified atom stereocenters. The Labute approximate surface area is 100 Å². The number of pyridine rings is 1. The van der Waals surface area contributed by atoms with E-state index in [2.05, 4.69) is 17.1 Å². The van der Waals surface area contributed by atoms with Crippen LogP contribution in [0.2, 0.25) is 0 Å². The normalized spacial score (nSPS) is 13.2. The summed E-state index contributed by atoms with van der Waals surface area (Å²) in [4.78, 5) is 4.11. The Hall–Kier alpha value is -1.87. The maximum absolute atomic E-state index is 5.74. The lowest BCUT2D eigenvalue weighted by Crippen LogP contribution is -1.99. The topological polar surface area (TPSA) is 48.1 Å². The van der Waals surface area contributed by atoms with Gasteiger partial charge in [0.05, 0.1) is 6.61 Å². The average molecular weight is 226 g/mol. The molecule has 1 aromatic carbocycles. The highest BCUT2D eigenvalue weighted by molar-refractivity contribution is 5.68. The number of benzene rings is 1. The monoisotopic (exact) mass is 226 g/mol. The van der Waals surface area contributed by atoms with Crippen molar-refractivity contribution in [3.8, 4) is 16.9 Å². The molecule has 1 aliphatic rings. The summed E-state index contributed by atoms with van der Waals surface area (Å²) in [5.74, 6) is 1.01. The van der Waals surface area contributed by atoms with E-state index in [9.17, 15) is 0 Å². The van der Waals surface area contributed by atoms with Crippen molar-refractivity contribution in [2.75, 3.05) is 6.61 Å². The van der Waals surface area contributed by atoms with Gasteiger partial charge in [0.15, 0.2) is 0 Å². The van der Waals surface area contributed by atoms with Crippen LogP contribution in [0.3, 0.4) is 0 Å². The highest BCUT2D eigenvalue weighted by atomic mass is 16.5. The molecule has 0 amide bonds. The highest BCUT2D eigenvalue weighted by Crippen LogP contribution is 2.31. The van der Waals surface area contributed by atoms with Crippen LogP contribution in [0.15, 0.2) is 36.7 Å². The molecule has 2 aromatic rings. The van der Waals surface area contributed by atoms with Gasteiger partial charge in [0.25, 0.3) is 0 Å². The van der Waals surface area contributed by atoms with Crippen LogP contribution < -0.4 is 10.5 Å². The van der Waals surface area contributed by atoms with Crippen molar-refractivity contribution in [3.63, 3.8) is 0 Å². The lowest BCUT2D eigenvalue weighted by atomic mass is 9.99. The van der Waals surface area contributed by atoms with Crippen molar-refractivity contribution < 1.29 is 4.74 Å². The van der Waals surface area contributed by atoms with Gasteiger partial charge in [-0.05, 0) is 40.5 Å². The molecule has 3 heteroatoms. The molecule has 86 valence electrons. The van der Waals surface area contributed by atoms with Gasteiger partial charge in [-0.25, -0.2) is 0 Å². The molecule has 0 bridgehead atoms. The zero-order valence-electron chi connectivity index (χ0n) is 9.52. The molecule has 0 aliphatic carbocycles. The highest BCUT2D eigenvalue weighted by Gasteiger charge is 2.13. The first-order valence-electron chi connectivity index (χ1n) is 5.77. The SMILES string of the molecule is NCc1cnccc1-c1ccc2c(c1)CCO2. The Morgan fingerprint density at radius 3 is 3.12 bits per heavy atom. The first-order chi connectivity index (χ1) is 8.38. The Morgan fingerprint density at radius 1 is 1.29 bits per heavy atom. The molecule has 0 atom stereocenters. The van der Waals surface area contributed by atoms with E-state index in [0.29, 0.717) is 6.54 Å². The molecule has 17 heavy (non-hydrogen) atoms. The number of ether oxygens (including phenoxy) is 1. The molecular formula is C14H14N2O. The van der Waals surface area contributed by atoms with Crippen LogP contribution in [0.1, 0.15) is 11.1 Å². The van der Waals surface area contributed by atoms with E-state index in [-0.39, 0.29) is 0 Å². The van der Waals surface area contributed by atoms with Crippen LogP contribution in [-0.2, 0) is 13.0 Å². The maximum Gasteiger partial charge on any atom is 0.122 e. The van der Waals surface area contributed by atoms with Crippen molar-refractivity contribution in [2.24, 2.45) is 5.73 Å². The number of nitrogens with two attached hydrogens (primary N) is 1. The predicted molar refractivity (Wildman–Crippen MR) is 66.8 cm³/mol. The minimum absolute atomic E-state index is 0.511. The summed E-state index contributed by atoms with van der Waals surface area (Å²) in [5.41, 5.74) is 10.4. The first kappa shape index (κ1) is 10.3. The fourth-order valence-corrected chi connectivity index (χ4v) is 2.23. The van der Waals surface area contributed by atoms with E-state index in [1.807, 2.05) is 18.3 Å². The van der Waals surface area contributed by atoms with Crippen LogP contribution in [0.4, 0.5) is 0 Å². The lowest BCUT2D eigenvalue weighted by Gasteiger charge is -2.08. The van der Waals surface area contributed by atoms with Crippen molar-refractivity contribution in [1.29, 1.82) is 0 Å². The van der Waals surface area contributed by atoms with E-state index >= 15 is 0 Å². The van der Waals surface area contributed by atoms with Crippen LogP contribution >= 0.6 is 0 Å². The minimum Gasteiger partial charge on any atom is -0.493 e. The largest absolute Gasteiger partial charge is 0.493 e. The molecule has 1 aliphatic heterocycles. The maximum atomic E-state index is 5.74. The summed E-state index contributed by atoms with van der Waals surface area (Å²) in [5, 5.41) is 0. The molecule has 2 N–H and O–H groups in total. The summed E-state index contributed by atoms with van der Waals surface area (Å²) in [6.07, 6.45) is 4.63. The van der Waals surface area contributed by atoms with Crippen molar-refractivity contribution in [2.45, 2.75) is 13.0 Å². The number of hydrogen-bond acceptors (Lipinski definition) is 3. The van der Waals surface area contributed by atoms with Crippen molar-refractivity contribution in [3.05, 3.63) is 47.8 Å². The van der Waals surface area contributed by atoms with Gasteiger partial charge in [-0.15, -0.1) is 0 Å². The third-order valence-corrected chi connectivity index (χ3v) is 3.12. The second-order valence-corrected chi connectivity index (χ2v) is 4.16.